The first-order chi connectivity index (χ1) is 11.2. The summed E-state index contributed by atoms with van der Waals surface area (Å²) in [7, 11) is 0. The molecule has 0 bridgehead atoms. The number of hydrogen-bond acceptors (Lipinski definition) is 3. The standard InChI is InChI=1S/C19H21FN2O/c20-14-7-5-12(6-8-14)13-9-18-15(19(23)10-13)11-21-16-3-1-2-4-17(16)22-18/h5-8,11,13,16-17,22H,1-4,9-10H2/t13-,16+,17-/m1/s1. The Hall–Kier alpha value is -1.97. The van der Waals surface area contributed by atoms with Crippen LogP contribution in [0.2, 0.25) is 0 Å². The third-order valence-electron chi connectivity index (χ3n) is 5.33. The fourth-order valence-corrected chi connectivity index (χ4v) is 4.04. The summed E-state index contributed by atoms with van der Waals surface area (Å²) in [6.07, 6.45) is 7.76. The van der Waals surface area contributed by atoms with Crippen LogP contribution in [0.25, 0.3) is 0 Å². The molecule has 0 unspecified atom stereocenters. The summed E-state index contributed by atoms with van der Waals surface area (Å²) in [5.74, 6) is 0.0407. The van der Waals surface area contributed by atoms with E-state index in [2.05, 4.69) is 10.3 Å². The number of benzene rings is 1. The lowest BCUT2D eigenvalue weighted by atomic mass is 9.81. The smallest absolute Gasteiger partial charge is 0.166 e. The second kappa shape index (κ2) is 5.91. The van der Waals surface area contributed by atoms with Crippen LogP contribution >= 0.6 is 0 Å². The van der Waals surface area contributed by atoms with Crippen LogP contribution in [0.4, 0.5) is 4.39 Å². The maximum Gasteiger partial charge on any atom is 0.166 e. The number of rotatable bonds is 1. The molecule has 3 nitrogen and oxygen atoms in total. The maximum atomic E-state index is 13.1. The Balaban J connectivity index is 1.61. The highest BCUT2D eigenvalue weighted by Crippen LogP contribution is 2.35. The summed E-state index contributed by atoms with van der Waals surface area (Å²) < 4.78 is 13.1. The number of allylic oxidation sites excluding steroid dienone is 2. The van der Waals surface area contributed by atoms with E-state index in [1.165, 1.54) is 25.0 Å². The van der Waals surface area contributed by atoms with Gasteiger partial charge in [-0.05, 0) is 42.9 Å². The van der Waals surface area contributed by atoms with E-state index in [-0.39, 0.29) is 17.5 Å². The average Bonchev–Trinajstić information content (AvgIpc) is 2.74. The predicted octanol–water partition coefficient (Wildman–Crippen LogP) is 3.51. The average molecular weight is 312 g/mol. The zero-order valence-corrected chi connectivity index (χ0v) is 13.1. The molecule has 3 aliphatic rings. The van der Waals surface area contributed by atoms with Crippen molar-refractivity contribution in [3.8, 4) is 0 Å². The number of nitrogens with zero attached hydrogens (tertiary/aromatic N) is 1. The van der Waals surface area contributed by atoms with Gasteiger partial charge in [0.15, 0.2) is 5.78 Å². The van der Waals surface area contributed by atoms with Crippen LogP contribution in [-0.2, 0) is 4.79 Å². The van der Waals surface area contributed by atoms with Gasteiger partial charge in [0.1, 0.15) is 5.82 Å². The minimum Gasteiger partial charge on any atom is -0.383 e. The highest BCUT2D eigenvalue weighted by Gasteiger charge is 2.33. The van der Waals surface area contributed by atoms with Crippen molar-refractivity contribution in [2.75, 3.05) is 0 Å². The van der Waals surface area contributed by atoms with Gasteiger partial charge in [0.2, 0.25) is 0 Å². The minimum absolute atomic E-state index is 0.128. The molecule has 23 heavy (non-hydrogen) atoms. The molecule has 2 aliphatic carbocycles. The fraction of sp³-hybridized carbons (Fsp3) is 0.474. The monoisotopic (exact) mass is 312 g/mol. The van der Waals surface area contributed by atoms with Crippen molar-refractivity contribution in [3.05, 3.63) is 46.9 Å². The molecule has 4 heteroatoms. The zero-order valence-electron chi connectivity index (χ0n) is 13.1. The lowest BCUT2D eigenvalue weighted by molar-refractivity contribution is -0.115. The van der Waals surface area contributed by atoms with E-state index in [4.69, 9.17) is 0 Å². The lowest BCUT2D eigenvalue weighted by Crippen LogP contribution is -2.41. The predicted molar refractivity (Wildman–Crippen MR) is 88.1 cm³/mol. The van der Waals surface area contributed by atoms with Crippen LogP contribution in [-0.4, -0.2) is 24.1 Å². The van der Waals surface area contributed by atoms with Crippen molar-refractivity contribution in [1.82, 2.24) is 5.32 Å². The van der Waals surface area contributed by atoms with E-state index in [0.29, 0.717) is 18.5 Å². The van der Waals surface area contributed by atoms with Gasteiger partial charge in [0.25, 0.3) is 0 Å². The Morgan fingerprint density at radius 1 is 1.09 bits per heavy atom. The number of nitrogens with one attached hydrogen (secondary N) is 1. The molecular formula is C19H21FN2O. The molecule has 0 amide bonds. The van der Waals surface area contributed by atoms with Crippen molar-refractivity contribution >= 4 is 12.0 Å². The summed E-state index contributed by atoms with van der Waals surface area (Å²) in [6.45, 7) is 0. The number of halogens is 1. The highest BCUT2D eigenvalue weighted by atomic mass is 19.1. The number of Topliss-reactive ketones (excluding diaryl/α,β-unsaturated/α-hetero) is 1. The number of aliphatic imine (C=N–C) groups is 1. The van der Waals surface area contributed by atoms with Gasteiger partial charge in [-0.2, -0.15) is 0 Å². The molecule has 1 aromatic rings. The van der Waals surface area contributed by atoms with Crippen molar-refractivity contribution in [2.24, 2.45) is 4.99 Å². The van der Waals surface area contributed by atoms with Crippen LogP contribution in [0, 0.1) is 5.82 Å². The van der Waals surface area contributed by atoms with E-state index >= 15 is 0 Å². The topological polar surface area (TPSA) is 41.5 Å². The Labute approximate surface area is 135 Å². The number of ketones is 1. The molecule has 1 fully saturated rings. The molecule has 1 aliphatic heterocycles. The van der Waals surface area contributed by atoms with E-state index in [1.54, 1.807) is 12.1 Å². The number of hydrogen-bond donors (Lipinski definition) is 1. The van der Waals surface area contributed by atoms with Gasteiger partial charge in [-0.15, -0.1) is 0 Å². The van der Waals surface area contributed by atoms with Crippen molar-refractivity contribution in [1.29, 1.82) is 0 Å². The Bertz CT molecular complexity index is 677. The Kier molecular flexibility index (Phi) is 3.76. The summed E-state index contributed by atoms with van der Waals surface area (Å²) >= 11 is 0. The van der Waals surface area contributed by atoms with Gasteiger partial charge in [-0.3, -0.25) is 9.79 Å². The Morgan fingerprint density at radius 2 is 1.87 bits per heavy atom. The summed E-state index contributed by atoms with van der Waals surface area (Å²) in [5, 5.41) is 3.62. The van der Waals surface area contributed by atoms with Gasteiger partial charge in [0, 0.05) is 24.4 Å². The van der Waals surface area contributed by atoms with Crippen LogP contribution in [0.5, 0.6) is 0 Å². The van der Waals surface area contributed by atoms with Crippen LogP contribution < -0.4 is 5.32 Å². The molecule has 3 atom stereocenters. The highest BCUT2D eigenvalue weighted by molar-refractivity contribution is 6.15. The second-order valence-corrected chi connectivity index (χ2v) is 6.85. The number of fused-ring (bicyclic) bond motifs is 1. The molecule has 1 heterocycles. The SMILES string of the molecule is O=C1C[C@H](c2ccc(F)cc2)CC2=C1C=N[C@H]1CCCC[C@H]1N2. The van der Waals surface area contributed by atoms with E-state index in [1.807, 2.05) is 6.21 Å². The molecule has 0 aromatic heterocycles. The van der Waals surface area contributed by atoms with Crippen molar-refractivity contribution < 1.29 is 9.18 Å². The van der Waals surface area contributed by atoms with Crippen LogP contribution in [0.1, 0.15) is 50.0 Å². The number of carbonyl (C=O) groups excluding carboxylic acids is 1. The molecule has 4 rings (SSSR count). The van der Waals surface area contributed by atoms with Gasteiger partial charge in [-0.1, -0.05) is 25.0 Å². The van der Waals surface area contributed by atoms with Crippen LogP contribution in [0.15, 0.2) is 40.5 Å². The second-order valence-electron chi connectivity index (χ2n) is 6.85. The van der Waals surface area contributed by atoms with Gasteiger partial charge < -0.3 is 5.32 Å². The largest absolute Gasteiger partial charge is 0.383 e. The normalized spacial score (nSPS) is 30.3. The first-order valence-electron chi connectivity index (χ1n) is 8.52. The van der Waals surface area contributed by atoms with Crippen molar-refractivity contribution in [3.63, 3.8) is 0 Å². The summed E-state index contributed by atoms with van der Waals surface area (Å²) in [5.41, 5.74) is 2.83. The minimum atomic E-state index is -0.236. The molecule has 120 valence electrons. The maximum absolute atomic E-state index is 13.1. The molecule has 1 aromatic carbocycles. The van der Waals surface area contributed by atoms with Crippen molar-refractivity contribution in [2.45, 2.75) is 56.5 Å². The van der Waals surface area contributed by atoms with Crippen LogP contribution in [0.3, 0.4) is 0 Å². The molecular weight excluding hydrogens is 291 g/mol. The van der Waals surface area contributed by atoms with E-state index < -0.39 is 0 Å². The summed E-state index contributed by atoms with van der Waals surface area (Å²) in [6, 6.07) is 7.20. The molecule has 1 saturated carbocycles. The first kappa shape index (κ1) is 14.6. The lowest BCUT2D eigenvalue weighted by Gasteiger charge is -2.32. The van der Waals surface area contributed by atoms with Gasteiger partial charge in [-0.25, -0.2) is 4.39 Å². The zero-order chi connectivity index (χ0) is 15.8. The Morgan fingerprint density at radius 3 is 2.70 bits per heavy atom. The molecule has 0 spiro atoms. The summed E-state index contributed by atoms with van der Waals surface area (Å²) in [4.78, 5) is 17.2. The van der Waals surface area contributed by atoms with E-state index in [9.17, 15) is 9.18 Å². The third-order valence-corrected chi connectivity index (χ3v) is 5.33. The van der Waals surface area contributed by atoms with Gasteiger partial charge >= 0.3 is 0 Å². The number of carbonyl (C=O) groups is 1. The quantitative estimate of drug-likeness (QED) is 0.862. The molecule has 0 saturated heterocycles. The molecule has 0 radical (unpaired) electrons. The van der Waals surface area contributed by atoms with Gasteiger partial charge in [0.05, 0.1) is 11.6 Å². The first-order valence-corrected chi connectivity index (χ1v) is 8.52. The molecule has 1 N–H and O–H groups in total. The fourth-order valence-electron chi connectivity index (χ4n) is 4.04. The van der Waals surface area contributed by atoms with E-state index in [0.717, 1.165) is 36.1 Å². The third kappa shape index (κ3) is 2.82.